The van der Waals surface area contributed by atoms with Crippen LogP contribution in [-0.2, 0) is 59.6 Å². The number of ether oxygens (including phenoxy) is 6. The molecule has 2 aliphatic rings. The van der Waals surface area contributed by atoms with E-state index in [0.29, 0.717) is 33.0 Å². The lowest BCUT2D eigenvalue weighted by molar-refractivity contribution is -0.329. The van der Waals surface area contributed by atoms with Gasteiger partial charge >= 0.3 is 0 Å². The van der Waals surface area contributed by atoms with Crippen LogP contribution < -0.4 is 5.32 Å². The third-order valence-corrected chi connectivity index (χ3v) is 9.62. The number of benzene rings is 4. The zero-order valence-electron chi connectivity index (χ0n) is 31.2. The van der Waals surface area contributed by atoms with Crippen molar-refractivity contribution in [3.8, 4) is 0 Å². The molecule has 1 N–H and O–H groups in total. The molecule has 1 fully saturated rings. The lowest BCUT2D eigenvalue weighted by Gasteiger charge is -2.46. The summed E-state index contributed by atoms with van der Waals surface area (Å²) in [7, 11) is 0. The number of carbonyl (C=O) groups is 1. The molecular weight excluding hydrogens is 679 g/mol. The van der Waals surface area contributed by atoms with E-state index in [1.807, 2.05) is 128 Å². The molecule has 6 atom stereocenters. The molecule has 6 rings (SSSR count). The van der Waals surface area contributed by atoms with Gasteiger partial charge in [0.2, 0.25) is 5.91 Å². The minimum absolute atomic E-state index is 0.0604. The van der Waals surface area contributed by atoms with Crippen molar-refractivity contribution < 1.29 is 33.2 Å². The van der Waals surface area contributed by atoms with E-state index in [1.165, 1.54) is 5.57 Å². The minimum atomic E-state index is -0.867. The number of nitrogens with one attached hydrogen (secondary N) is 1. The number of amides is 1. The lowest BCUT2D eigenvalue weighted by atomic mass is 9.97. The molecule has 0 aromatic heterocycles. The van der Waals surface area contributed by atoms with Crippen molar-refractivity contribution in [1.82, 2.24) is 5.32 Å². The van der Waals surface area contributed by atoms with Gasteiger partial charge < -0.3 is 33.7 Å². The molecule has 0 radical (unpaired) electrons. The van der Waals surface area contributed by atoms with Crippen LogP contribution in [0.4, 0.5) is 0 Å². The molecule has 54 heavy (non-hydrogen) atoms. The molecule has 0 saturated carbocycles. The number of hydrogen-bond donors (Lipinski definition) is 1. The van der Waals surface area contributed by atoms with Crippen LogP contribution in [0.15, 0.2) is 145 Å². The summed E-state index contributed by atoms with van der Waals surface area (Å²) in [4.78, 5) is 13.2. The standard InChI is InChI=1S/C46H53NO7/c1-35(45(48)47-28-16-27-36-17-14-15-18-36)29-53-46-44(52-33-40-25-12-5-13-26-40)43(51-32-39-23-10-4-11-24-39)42(50-31-38-21-8-3-9-22-38)41(54-46)34-49-30-37-19-6-2-7-20-37/h2-15,17,19-26,35,41-44,46H,16,18,27-34H2,1H3,(H,47,48)/t35-,41-,42-,43+,44+,46-/m1/s1. The Morgan fingerprint density at radius 3 is 1.74 bits per heavy atom. The van der Waals surface area contributed by atoms with E-state index in [-0.39, 0.29) is 19.1 Å². The summed E-state index contributed by atoms with van der Waals surface area (Å²) in [6, 6.07) is 40.2. The number of carbonyl (C=O) groups excluding carboxylic acids is 1. The first-order chi connectivity index (χ1) is 26.6. The van der Waals surface area contributed by atoms with Gasteiger partial charge in [0, 0.05) is 6.54 Å². The molecule has 1 aliphatic carbocycles. The quantitative estimate of drug-likeness (QED) is 0.0867. The molecule has 8 nitrogen and oxygen atoms in total. The molecule has 0 spiro atoms. The highest BCUT2D eigenvalue weighted by atomic mass is 16.7. The van der Waals surface area contributed by atoms with E-state index in [9.17, 15) is 4.79 Å². The van der Waals surface area contributed by atoms with Crippen LogP contribution in [0.25, 0.3) is 0 Å². The van der Waals surface area contributed by atoms with E-state index in [1.54, 1.807) is 0 Å². The van der Waals surface area contributed by atoms with Crippen LogP contribution in [0.5, 0.6) is 0 Å². The maximum absolute atomic E-state index is 13.2. The van der Waals surface area contributed by atoms with E-state index in [2.05, 4.69) is 23.5 Å². The molecule has 1 aliphatic heterocycles. The molecule has 1 amide bonds. The summed E-state index contributed by atoms with van der Waals surface area (Å²) in [5.74, 6) is -0.478. The topological polar surface area (TPSA) is 84.5 Å². The van der Waals surface area contributed by atoms with Gasteiger partial charge in [-0.2, -0.15) is 0 Å². The first-order valence-corrected chi connectivity index (χ1v) is 19.1. The Morgan fingerprint density at radius 2 is 1.20 bits per heavy atom. The Bertz CT molecular complexity index is 1720. The Balaban J connectivity index is 1.21. The number of allylic oxidation sites excluding steroid dienone is 4. The first-order valence-electron chi connectivity index (χ1n) is 19.1. The van der Waals surface area contributed by atoms with Crippen molar-refractivity contribution in [2.24, 2.45) is 5.92 Å². The van der Waals surface area contributed by atoms with Gasteiger partial charge in [0.1, 0.15) is 24.4 Å². The molecule has 1 heterocycles. The van der Waals surface area contributed by atoms with Gasteiger partial charge in [-0.25, -0.2) is 0 Å². The molecule has 0 unspecified atom stereocenters. The predicted octanol–water partition coefficient (Wildman–Crippen LogP) is 8.12. The third-order valence-electron chi connectivity index (χ3n) is 9.62. The molecule has 4 aromatic carbocycles. The van der Waals surface area contributed by atoms with Crippen molar-refractivity contribution in [3.05, 3.63) is 167 Å². The van der Waals surface area contributed by atoms with Crippen molar-refractivity contribution in [3.63, 3.8) is 0 Å². The molecule has 1 saturated heterocycles. The van der Waals surface area contributed by atoms with Gasteiger partial charge in [-0.15, -0.1) is 0 Å². The predicted molar refractivity (Wildman–Crippen MR) is 209 cm³/mol. The fourth-order valence-corrected chi connectivity index (χ4v) is 6.57. The highest BCUT2D eigenvalue weighted by Crippen LogP contribution is 2.32. The van der Waals surface area contributed by atoms with Crippen molar-refractivity contribution >= 4 is 5.91 Å². The molecule has 284 valence electrons. The summed E-state index contributed by atoms with van der Waals surface area (Å²) in [6.07, 6.45) is 5.97. The van der Waals surface area contributed by atoms with Crippen molar-refractivity contribution in [2.75, 3.05) is 19.8 Å². The fraction of sp³-hybridized carbons (Fsp3) is 0.370. The van der Waals surface area contributed by atoms with Gasteiger partial charge in [-0.3, -0.25) is 4.79 Å². The Labute approximate surface area is 320 Å². The molecular formula is C46H53NO7. The van der Waals surface area contributed by atoms with E-state index in [4.69, 9.17) is 28.4 Å². The second kappa shape index (κ2) is 21.5. The average molecular weight is 732 g/mol. The van der Waals surface area contributed by atoms with Crippen LogP contribution in [-0.4, -0.2) is 56.4 Å². The van der Waals surface area contributed by atoms with Crippen molar-refractivity contribution in [2.45, 2.75) is 83.3 Å². The summed E-state index contributed by atoms with van der Waals surface area (Å²) >= 11 is 0. The maximum Gasteiger partial charge on any atom is 0.225 e. The molecule has 0 bridgehead atoms. The molecule has 4 aromatic rings. The van der Waals surface area contributed by atoms with Crippen molar-refractivity contribution in [1.29, 1.82) is 0 Å². The van der Waals surface area contributed by atoms with Gasteiger partial charge in [0.05, 0.1) is 45.6 Å². The fourth-order valence-electron chi connectivity index (χ4n) is 6.57. The summed E-state index contributed by atoms with van der Waals surface area (Å²) in [5.41, 5.74) is 5.51. The van der Waals surface area contributed by atoms with Gasteiger partial charge in [-0.1, -0.05) is 152 Å². The minimum Gasteiger partial charge on any atom is -0.374 e. The second-order valence-electron chi connectivity index (χ2n) is 13.9. The Kier molecular flexibility index (Phi) is 15.6. The maximum atomic E-state index is 13.2. The average Bonchev–Trinajstić information content (AvgIpc) is 3.75. The van der Waals surface area contributed by atoms with Gasteiger partial charge in [-0.05, 0) is 41.5 Å². The largest absolute Gasteiger partial charge is 0.374 e. The monoisotopic (exact) mass is 731 g/mol. The summed E-state index contributed by atoms with van der Waals surface area (Å²) in [6.45, 7) is 4.24. The highest BCUT2D eigenvalue weighted by molar-refractivity contribution is 5.78. The molecule has 8 heteroatoms. The highest BCUT2D eigenvalue weighted by Gasteiger charge is 2.49. The van der Waals surface area contributed by atoms with Gasteiger partial charge in [0.15, 0.2) is 6.29 Å². The zero-order valence-corrected chi connectivity index (χ0v) is 31.2. The second-order valence-corrected chi connectivity index (χ2v) is 13.9. The smallest absolute Gasteiger partial charge is 0.225 e. The third kappa shape index (κ3) is 12.3. The summed E-state index contributed by atoms with van der Waals surface area (Å²) in [5, 5.41) is 3.09. The van der Waals surface area contributed by atoms with Crippen LogP contribution in [0.2, 0.25) is 0 Å². The summed E-state index contributed by atoms with van der Waals surface area (Å²) < 4.78 is 39.8. The number of rotatable bonds is 21. The Morgan fingerprint density at radius 1 is 0.685 bits per heavy atom. The van der Waals surface area contributed by atoms with Crippen LogP contribution >= 0.6 is 0 Å². The van der Waals surface area contributed by atoms with E-state index in [0.717, 1.165) is 41.5 Å². The van der Waals surface area contributed by atoms with Gasteiger partial charge in [0.25, 0.3) is 0 Å². The Hall–Kier alpha value is -4.41. The zero-order chi connectivity index (χ0) is 37.2. The normalized spacial score (nSPS) is 21.4. The lowest BCUT2D eigenvalue weighted by Crippen LogP contribution is -2.62. The SMILES string of the molecule is C[C@H](CO[C@@H]1O[C@H](COCc2ccccc2)[C@@H](OCc2ccccc2)[C@H](OCc2ccccc2)[C@@H]1OCc1ccccc1)C(=O)NCCCC1=CC=CC1. The first kappa shape index (κ1) is 39.3. The number of hydrogen-bond acceptors (Lipinski definition) is 7. The van der Waals surface area contributed by atoms with E-state index < -0.39 is 36.6 Å². The van der Waals surface area contributed by atoms with E-state index >= 15 is 0 Å². The van der Waals surface area contributed by atoms with Crippen LogP contribution in [0.3, 0.4) is 0 Å². The van der Waals surface area contributed by atoms with Crippen LogP contribution in [0, 0.1) is 5.92 Å². The van der Waals surface area contributed by atoms with Crippen LogP contribution in [0.1, 0.15) is 48.4 Å².